The molecule has 0 aliphatic heterocycles. The Balaban J connectivity index is 2.26. The van der Waals surface area contributed by atoms with Crippen molar-refractivity contribution in [3.8, 4) is 0 Å². The molecule has 1 aliphatic rings. The van der Waals surface area contributed by atoms with E-state index in [1.165, 1.54) is 0 Å². The Morgan fingerprint density at radius 3 is 2.86 bits per heavy atom. The van der Waals surface area contributed by atoms with Crippen molar-refractivity contribution in [3.05, 3.63) is 59.0 Å². The lowest BCUT2D eigenvalue weighted by Gasteiger charge is -2.12. The summed E-state index contributed by atoms with van der Waals surface area (Å²) in [6.07, 6.45) is 2.38. The molecular formula is C12H8O2. The van der Waals surface area contributed by atoms with Gasteiger partial charge in [0.2, 0.25) is 5.78 Å². The zero-order chi connectivity index (χ0) is 9.54. The van der Waals surface area contributed by atoms with E-state index in [1.807, 2.05) is 30.3 Å². The van der Waals surface area contributed by atoms with Crippen molar-refractivity contribution in [1.29, 1.82) is 0 Å². The van der Waals surface area contributed by atoms with Crippen LogP contribution in [0.1, 0.15) is 27.2 Å². The lowest BCUT2D eigenvalue weighted by atomic mass is 9.90. The second kappa shape index (κ2) is 2.58. The number of hydrogen-bond donors (Lipinski definition) is 0. The fourth-order valence-electron chi connectivity index (χ4n) is 1.90. The highest BCUT2D eigenvalue weighted by atomic mass is 16.3. The largest absolute Gasteiger partial charge is 0.461 e. The zero-order valence-corrected chi connectivity index (χ0v) is 7.49. The molecule has 1 aromatic carbocycles. The average Bonchev–Trinajstić information content (AvgIpc) is 2.66. The van der Waals surface area contributed by atoms with Crippen molar-refractivity contribution in [2.75, 3.05) is 0 Å². The third kappa shape index (κ3) is 0.880. The van der Waals surface area contributed by atoms with Crippen LogP contribution in [0.2, 0.25) is 0 Å². The Hall–Kier alpha value is -1.83. The van der Waals surface area contributed by atoms with Crippen molar-refractivity contribution >= 4 is 5.78 Å². The van der Waals surface area contributed by atoms with Crippen molar-refractivity contribution in [1.82, 2.24) is 0 Å². The van der Waals surface area contributed by atoms with Crippen molar-refractivity contribution in [2.24, 2.45) is 0 Å². The Labute approximate surface area is 81.2 Å². The summed E-state index contributed by atoms with van der Waals surface area (Å²) in [5.41, 5.74) is 2.86. The van der Waals surface area contributed by atoms with Gasteiger partial charge in [0.25, 0.3) is 0 Å². The molecule has 1 aliphatic carbocycles. The number of carbonyl (C=O) groups excluding carboxylic acids is 1. The monoisotopic (exact) mass is 184 g/mol. The molecule has 0 unspecified atom stereocenters. The molecule has 0 spiro atoms. The van der Waals surface area contributed by atoms with Crippen LogP contribution in [0.4, 0.5) is 0 Å². The number of benzene rings is 1. The fraction of sp³-hybridized carbons (Fsp3) is 0.0833. The minimum Gasteiger partial charge on any atom is -0.461 e. The summed E-state index contributed by atoms with van der Waals surface area (Å²) >= 11 is 0. The van der Waals surface area contributed by atoms with Gasteiger partial charge in [-0.2, -0.15) is 0 Å². The Morgan fingerprint density at radius 2 is 1.93 bits per heavy atom. The summed E-state index contributed by atoms with van der Waals surface area (Å²) < 4.78 is 5.18. The molecule has 0 fully saturated rings. The summed E-state index contributed by atoms with van der Waals surface area (Å²) in [6.45, 7) is 0. The third-order valence-corrected chi connectivity index (χ3v) is 2.60. The molecule has 0 saturated carbocycles. The predicted molar refractivity (Wildman–Crippen MR) is 51.4 cm³/mol. The van der Waals surface area contributed by atoms with Crippen LogP contribution in [0.15, 0.2) is 41.0 Å². The quantitative estimate of drug-likeness (QED) is 0.537. The SMILES string of the molecule is O=C1c2ccccc2Cc2ccoc21. The number of furan rings is 1. The van der Waals surface area contributed by atoms with Crippen LogP contribution in [0.25, 0.3) is 0 Å². The molecule has 14 heavy (non-hydrogen) atoms. The van der Waals surface area contributed by atoms with Gasteiger partial charge in [-0.1, -0.05) is 24.3 Å². The van der Waals surface area contributed by atoms with Crippen LogP contribution < -0.4 is 0 Å². The standard InChI is InChI=1S/C12H8O2/c13-11-10-4-2-1-3-8(10)7-9-5-6-14-12(9)11/h1-6H,7H2. The molecule has 2 aromatic rings. The van der Waals surface area contributed by atoms with E-state index in [2.05, 4.69) is 0 Å². The highest BCUT2D eigenvalue weighted by Gasteiger charge is 2.25. The molecule has 0 atom stereocenters. The number of fused-ring (bicyclic) bond motifs is 2. The molecular weight excluding hydrogens is 176 g/mol. The lowest BCUT2D eigenvalue weighted by Crippen LogP contribution is -2.12. The lowest BCUT2D eigenvalue weighted by molar-refractivity contribution is 0.100. The molecule has 0 N–H and O–H groups in total. The predicted octanol–water partition coefficient (Wildman–Crippen LogP) is 2.41. The van der Waals surface area contributed by atoms with Crippen LogP contribution in [0, 0.1) is 0 Å². The maximum Gasteiger partial charge on any atom is 0.228 e. The Kier molecular flexibility index (Phi) is 1.39. The topological polar surface area (TPSA) is 30.2 Å². The molecule has 1 aromatic heterocycles. The van der Waals surface area contributed by atoms with Crippen molar-refractivity contribution in [2.45, 2.75) is 6.42 Å². The van der Waals surface area contributed by atoms with Crippen LogP contribution in [-0.4, -0.2) is 5.78 Å². The van der Waals surface area contributed by atoms with Gasteiger partial charge in [0, 0.05) is 17.5 Å². The van der Waals surface area contributed by atoms with Gasteiger partial charge in [0.15, 0.2) is 5.76 Å². The minimum atomic E-state index is 0.00634. The van der Waals surface area contributed by atoms with Gasteiger partial charge in [-0.3, -0.25) is 4.79 Å². The first-order chi connectivity index (χ1) is 6.86. The smallest absolute Gasteiger partial charge is 0.228 e. The second-order valence-electron chi connectivity index (χ2n) is 3.44. The molecule has 3 rings (SSSR count). The molecule has 0 amide bonds. The number of hydrogen-bond acceptors (Lipinski definition) is 2. The van der Waals surface area contributed by atoms with Gasteiger partial charge in [-0.05, 0) is 11.6 Å². The van der Waals surface area contributed by atoms with Gasteiger partial charge in [-0.15, -0.1) is 0 Å². The van der Waals surface area contributed by atoms with E-state index in [4.69, 9.17) is 4.42 Å². The van der Waals surface area contributed by atoms with Gasteiger partial charge < -0.3 is 4.42 Å². The average molecular weight is 184 g/mol. The summed E-state index contributed by atoms with van der Waals surface area (Å²) in [7, 11) is 0. The van der Waals surface area contributed by atoms with E-state index >= 15 is 0 Å². The van der Waals surface area contributed by atoms with Gasteiger partial charge >= 0.3 is 0 Å². The van der Waals surface area contributed by atoms with E-state index in [0.29, 0.717) is 5.76 Å². The molecule has 0 saturated heterocycles. The molecule has 1 heterocycles. The van der Waals surface area contributed by atoms with Crippen molar-refractivity contribution in [3.63, 3.8) is 0 Å². The van der Waals surface area contributed by atoms with Crippen molar-refractivity contribution < 1.29 is 9.21 Å². The molecule has 68 valence electrons. The normalized spacial score (nSPS) is 13.6. The minimum absolute atomic E-state index is 0.00634. The van der Waals surface area contributed by atoms with Gasteiger partial charge in [0.05, 0.1) is 6.26 Å². The molecule has 0 radical (unpaired) electrons. The Bertz CT molecular complexity index is 509. The highest BCUT2D eigenvalue weighted by Crippen LogP contribution is 2.27. The molecule has 2 nitrogen and oxygen atoms in total. The van der Waals surface area contributed by atoms with Crippen LogP contribution in [0.3, 0.4) is 0 Å². The van der Waals surface area contributed by atoms with Crippen LogP contribution in [-0.2, 0) is 6.42 Å². The van der Waals surface area contributed by atoms with E-state index < -0.39 is 0 Å². The molecule has 0 bridgehead atoms. The third-order valence-electron chi connectivity index (χ3n) is 2.60. The summed E-state index contributed by atoms with van der Waals surface area (Å²) in [5.74, 6) is 0.510. The first kappa shape index (κ1) is 7.56. The fourth-order valence-corrected chi connectivity index (χ4v) is 1.90. The van der Waals surface area contributed by atoms with E-state index in [0.717, 1.165) is 23.1 Å². The maximum absolute atomic E-state index is 11.9. The van der Waals surface area contributed by atoms with Crippen LogP contribution >= 0.6 is 0 Å². The molecule has 2 heteroatoms. The first-order valence-electron chi connectivity index (χ1n) is 4.55. The second-order valence-corrected chi connectivity index (χ2v) is 3.44. The summed E-state index contributed by atoms with van der Waals surface area (Å²) in [5, 5.41) is 0. The van der Waals surface area contributed by atoms with Gasteiger partial charge in [-0.25, -0.2) is 0 Å². The highest BCUT2D eigenvalue weighted by molar-refractivity contribution is 6.10. The van der Waals surface area contributed by atoms with E-state index in [9.17, 15) is 4.79 Å². The zero-order valence-electron chi connectivity index (χ0n) is 7.49. The Morgan fingerprint density at radius 1 is 1.07 bits per heavy atom. The number of ketones is 1. The first-order valence-corrected chi connectivity index (χ1v) is 4.55. The number of carbonyl (C=O) groups is 1. The summed E-state index contributed by atoms with van der Waals surface area (Å²) in [6, 6.07) is 9.54. The number of rotatable bonds is 0. The van der Waals surface area contributed by atoms with Gasteiger partial charge in [0.1, 0.15) is 0 Å². The maximum atomic E-state index is 11.9. The summed E-state index contributed by atoms with van der Waals surface area (Å²) in [4.78, 5) is 11.9. The van der Waals surface area contributed by atoms with E-state index in [1.54, 1.807) is 6.26 Å². The van der Waals surface area contributed by atoms with Crippen LogP contribution in [0.5, 0.6) is 0 Å². The van der Waals surface area contributed by atoms with E-state index in [-0.39, 0.29) is 5.78 Å².